The summed E-state index contributed by atoms with van der Waals surface area (Å²) in [6.45, 7) is 15.3. The number of hydrogen-bond donors (Lipinski definition) is 1. The van der Waals surface area contributed by atoms with Crippen LogP contribution in [0.5, 0.6) is 0 Å². The topological polar surface area (TPSA) is 55.2 Å². The first kappa shape index (κ1) is 19.7. The molecule has 0 spiro atoms. The fourth-order valence-corrected chi connectivity index (χ4v) is 2.69. The molecule has 0 amide bonds. The van der Waals surface area contributed by atoms with Gasteiger partial charge in [-0.3, -0.25) is 4.99 Å². The summed E-state index contributed by atoms with van der Waals surface area (Å²) < 4.78 is 12.2. The molecule has 25 heavy (non-hydrogen) atoms. The van der Waals surface area contributed by atoms with Crippen molar-refractivity contribution in [3.63, 3.8) is 0 Å². The van der Waals surface area contributed by atoms with E-state index in [0.29, 0.717) is 16.5 Å². The first-order chi connectivity index (χ1) is 11.6. The highest BCUT2D eigenvalue weighted by molar-refractivity contribution is 6.66. The molecule has 1 aromatic carbocycles. The highest BCUT2D eigenvalue weighted by Gasteiger charge is 2.52. The summed E-state index contributed by atoms with van der Waals surface area (Å²) in [6, 6.07) is 5.66. The number of benzene rings is 1. The zero-order valence-corrected chi connectivity index (χ0v) is 16.4. The molecule has 1 saturated heterocycles. The maximum atomic E-state index is 6.61. The standard InChI is InChI=1S/C18H25BClN3O2/c1-8-22-12(2)16(21-7)23-14-11-9-10-13(15(14)20)19-24-17(3,4)18(5,6)25-19/h8-11,23H,7H2,1-6H3/b16-12-,22-8-. The Kier molecular flexibility index (Phi) is 5.77. The minimum atomic E-state index is -0.530. The Morgan fingerprint density at radius 3 is 2.36 bits per heavy atom. The molecule has 0 unspecified atom stereocenters. The number of nitrogens with one attached hydrogen (secondary N) is 1. The third-order valence-corrected chi connectivity index (χ3v) is 5.03. The van der Waals surface area contributed by atoms with Gasteiger partial charge in [0, 0.05) is 11.7 Å². The summed E-state index contributed by atoms with van der Waals surface area (Å²) in [4.78, 5) is 8.23. The van der Waals surface area contributed by atoms with Gasteiger partial charge in [-0.2, -0.15) is 0 Å². The second-order valence-corrected chi connectivity index (χ2v) is 7.28. The number of halogens is 1. The van der Waals surface area contributed by atoms with Gasteiger partial charge in [0.05, 0.1) is 27.6 Å². The van der Waals surface area contributed by atoms with E-state index in [1.165, 1.54) is 0 Å². The molecular weight excluding hydrogens is 336 g/mol. The van der Waals surface area contributed by atoms with E-state index < -0.39 is 18.3 Å². The maximum Gasteiger partial charge on any atom is 0.496 e. The molecule has 1 aliphatic heterocycles. The van der Waals surface area contributed by atoms with Crippen molar-refractivity contribution in [1.29, 1.82) is 0 Å². The van der Waals surface area contributed by atoms with Crippen molar-refractivity contribution in [1.82, 2.24) is 0 Å². The quantitative estimate of drug-likeness (QED) is 0.636. The molecule has 1 heterocycles. The van der Waals surface area contributed by atoms with Gasteiger partial charge in [0.25, 0.3) is 0 Å². The zero-order chi connectivity index (χ0) is 18.8. The van der Waals surface area contributed by atoms with Gasteiger partial charge in [0.15, 0.2) is 5.82 Å². The summed E-state index contributed by atoms with van der Waals surface area (Å²) in [5.74, 6) is 0.547. The number of nitrogens with zero attached hydrogens (tertiary/aromatic N) is 2. The molecule has 1 N–H and O–H groups in total. The lowest BCUT2D eigenvalue weighted by molar-refractivity contribution is 0.00578. The molecule has 0 aliphatic carbocycles. The van der Waals surface area contributed by atoms with Gasteiger partial charge in [0.2, 0.25) is 0 Å². The van der Waals surface area contributed by atoms with Gasteiger partial charge in [-0.05, 0) is 54.3 Å². The molecule has 7 heteroatoms. The largest absolute Gasteiger partial charge is 0.496 e. The Morgan fingerprint density at radius 2 is 1.84 bits per heavy atom. The molecule has 1 aromatic rings. The molecule has 5 nitrogen and oxygen atoms in total. The zero-order valence-electron chi connectivity index (χ0n) is 15.7. The van der Waals surface area contributed by atoms with Gasteiger partial charge >= 0.3 is 7.12 Å². The van der Waals surface area contributed by atoms with Crippen molar-refractivity contribution in [2.45, 2.75) is 52.7 Å². The lowest BCUT2D eigenvalue weighted by Crippen LogP contribution is -2.41. The van der Waals surface area contributed by atoms with Gasteiger partial charge in [0.1, 0.15) is 0 Å². The van der Waals surface area contributed by atoms with Crippen LogP contribution >= 0.6 is 11.6 Å². The fourth-order valence-electron chi connectivity index (χ4n) is 2.43. The Hall–Kier alpha value is -1.63. The molecule has 0 saturated carbocycles. The van der Waals surface area contributed by atoms with Crippen LogP contribution in [0.2, 0.25) is 5.02 Å². The van der Waals surface area contributed by atoms with Crippen LogP contribution in [0.25, 0.3) is 0 Å². The molecule has 1 fully saturated rings. The van der Waals surface area contributed by atoms with Crippen molar-refractivity contribution in [2.24, 2.45) is 9.98 Å². The monoisotopic (exact) mass is 361 g/mol. The molecule has 0 atom stereocenters. The summed E-state index contributed by atoms with van der Waals surface area (Å²) in [5, 5.41) is 3.70. The van der Waals surface area contributed by atoms with Gasteiger partial charge < -0.3 is 14.6 Å². The highest BCUT2D eigenvalue weighted by Crippen LogP contribution is 2.37. The third kappa shape index (κ3) is 3.97. The summed E-state index contributed by atoms with van der Waals surface area (Å²) in [6.07, 6.45) is 1.70. The van der Waals surface area contributed by atoms with E-state index in [0.717, 1.165) is 11.2 Å². The number of aliphatic imine (C=N–C) groups is 2. The van der Waals surface area contributed by atoms with E-state index in [2.05, 4.69) is 22.0 Å². The SMILES string of the molecule is C=N/C(Nc1cccc(B2OC(C)(C)C(C)(C)O2)c1Cl)=C(C)/N=C\C. The summed E-state index contributed by atoms with van der Waals surface area (Å²) in [7, 11) is -0.530. The van der Waals surface area contributed by atoms with Crippen LogP contribution in [0.3, 0.4) is 0 Å². The second-order valence-electron chi connectivity index (χ2n) is 6.90. The highest BCUT2D eigenvalue weighted by atomic mass is 35.5. The van der Waals surface area contributed by atoms with E-state index in [1.807, 2.05) is 59.7 Å². The van der Waals surface area contributed by atoms with E-state index in [-0.39, 0.29) is 0 Å². The summed E-state index contributed by atoms with van der Waals surface area (Å²) >= 11 is 6.61. The average Bonchev–Trinajstić information content (AvgIpc) is 2.74. The number of allylic oxidation sites excluding steroid dienone is 1. The van der Waals surface area contributed by atoms with Crippen molar-refractivity contribution in [2.75, 3.05) is 5.32 Å². The molecule has 0 aromatic heterocycles. The smallest absolute Gasteiger partial charge is 0.399 e. The minimum absolute atomic E-state index is 0.426. The molecule has 0 bridgehead atoms. The Bertz CT molecular complexity index is 713. The van der Waals surface area contributed by atoms with Gasteiger partial charge in [-0.1, -0.05) is 23.7 Å². The van der Waals surface area contributed by atoms with E-state index >= 15 is 0 Å². The lowest BCUT2D eigenvalue weighted by atomic mass is 9.79. The van der Waals surface area contributed by atoms with E-state index in [9.17, 15) is 0 Å². The fraction of sp³-hybridized carbons (Fsp3) is 0.444. The number of hydrogen-bond acceptors (Lipinski definition) is 5. The van der Waals surface area contributed by atoms with E-state index in [4.69, 9.17) is 20.9 Å². The second kappa shape index (κ2) is 7.32. The van der Waals surface area contributed by atoms with Gasteiger partial charge in [-0.25, -0.2) is 4.99 Å². The van der Waals surface area contributed by atoms with Crippen LogP contribution < -0.4 is 10.8 Å². The molecule has 0 radical (unpaired) electrons. The predicted octanol–water partition coefficient (Wildman–Crippen LogP) is 4.03. The van der Waals surface area contributed by atoms with Crippen molar-refractivity contribution < 1.29 is 9.31 Å². The molecular formula is C18H25BClN3O2. The lowest BCUT2D eigenvalue weighted by Gasteiger charge is -2.32. The van der Waals surface area contributed by atoms with Crippen LogP contribution in [0, 0.1) is 0 Å². The van der Waals surface area contributed by atoms with Crippen molar-refractivity contribution in [3.8, 4) is 0 Å². The molecule has 134 valence electrons. The minimum Gasteiger partial charge on any atom is -0.399 e. The van der Waals surface area contributed by atoms with Crippen LogP contribution in [0.15, 0.2) is 39.7 Å². The number of anilines is 1. The number of rotatable bonds is 5. The Balaban J connectivity index is 2.36. The van der Waals surface area contributed by atoms with Crippen LogP contribution in [-0.4, -0.2) is 31.3 Å². The molecule has 2 rings (SSSR count). The van der Waals surface area contributed by atoms with Gasteiger partial charge in [-0.15, -0.1) is 0 Å². The van der Waals surface area contributed by atoms with Crippen molar-refractivity contribution >= 4 is 42.8 Å². The van der Waals surface area contributed by atoms with E-state index in [1.54, 1.807) is 6.21 Å². The predicted molar refractivity (Wildman–Crippen MR) is 107 cm³/mol. The Labute approximate surface area is 155 Å². The third-order valence-electron chi connectivity index (χ3n) is 4.61. The van der Waals surface area contributed by atoms with Crippen LogP contribution in [-0.2, 0) is 9.31 Å². The normalized spacial score (nSPS) is 19.9. The van der Waals surface area contributed by atoms with Crippen LogP contribution in [0.4, 0.5) is 5.69 Å². The first-order valence-electron chi connectivity index (χ1n) is 8.20. The molecule has 1 aliphatic rings. The van der Waals surface area contributed by atoms with Crippen LogP contribution in [0.1, 0.15) is 41.5 Å². The van der Waals surface area contributed by atoms with Crippen molar-refractivity contribution in [3.05, 3.63) is 34.7 Å². The maximum absolute atomic E-state index is 6.61. The first-order valence-corrected chi connectivity index (χ1v) is 8.58. The Morgan fingerprint density at radius 1 is 1.24 bits per heavy atom. The average molecular weight is 362 g/mol. The summed E-state index contributed by atoms with van der Waals surface area (Å²) in [5.41, 5.74) is 1.33.